The van der Waals surface area contributed by atoms with Crippen molar-refractivity contribution in [3.63, 3.8) is 0 Å². The average Bonchev–Trinajstić information content (AvgIpc) is 2.76. The number of sulfonamides is 1. The molecule has 0 radical (unpaired) electrons. The number of hydrazine groups is 1. The summed E-state index contributed by atoms with van der Waals surface area (Å²) in [6.07, 6.45) is 0.306. The van der Waals surface area contributed by atoms with Crippen LogP contribution in [0, 0.1) is 5.92 Å². The average molecular weight is 528 g/mol. The lowest BCUT2D eigenvalue weighted by Crippen LogP contribution is -2.43. The third kappa shape index (κ3) is 6.23. The van der Waals surface area contributed by atoms with Crippen molar-refractivity contribution in [2.45, 2.75) is 18.2 Å². The maximum absolute atomic E-state index is 12.2. The van der Waals surface area contributed by atoms with Crippen molar-refractivity contribution in [1.29, 1.82) is 0 Å². The van der Waals surface area contributed by atoms with Gasteiger partial charge < -0.3 is 4.74 Å². The minimum atomic E-state index is -4.14. The van der Waals surface area contributed by atoms with E-state index in [0.29, 0.717) is 17.7 Å². The Morgan fingerprint density at radius 2 is 1.91 bits per heavy atom. The molecule has 2 aromatic carbocycles. The zero-order valence-electron chi connectivity index (χ0n) is 17.6. The number of rotatable bonds is 6. The molecular formula is C20H19Cl2N5O6S. The Bertz CT molecular complexity index is 1300. The number of amides is 3. The van der Waals surface area contributed by atoms with Crippen molar-refractivity contribution in [1.82, 2.24) is 16.3 Å². The largest absolute Gasteiger partial charge is 0.482 e. The monoisotopic (exact) mass is 527 g/mol. The molecule has 0 spiro atoms. The number of hydrazone groups is 1. The minimum absolute atomic E-state index is 0.0901. The zero-order valence-corrected chi connectivity index (χ0v) is 19.9. The van der Waals surface area contributed by atoms with Crippen molar-refractivity contribution in [2.24, 2.45) is 16.2 Å². The van der Waals surface area contributed by atoms with Gasteiger partial charge in [0.1, 0.15) is 10.6 Å². The van der Waals surface area contributed by atoms with Crippen LogP contribution in [-0.4, -0.2) is 38.5 Å². The third-order valence-electron chi connectivity index (χ3n) is 4.66. The summed E-state index contributed by atoms with van der Waals surface area (Å²) in [7, 11) is -4.14. The van der Waals surface area contributed by atoms with Crippen LogP contribution in [0.2, 0.25) is 10.0 Å². The molecule has 34 heavy (non-hydrogen) atoms. The lowest BCUT2D eigenvalue weighted by Gasteiger charge is -2.19. The van der Waals surface area contributed by atoms with Crippen molar-refractivity contribution in [3.8, 4) is 5.75 Å². The third-order valence-corrected chi connectivity index (χ3v) is 6.35. The fourth-order valence-electron chi connectivity index (χ4n) is 3.02. The predicted molar refractivity (Wildman–Crippen MR) is 124 cm³/mol. The number of nitrogens with two attached hydrogens (primary N) is 1. The maximum atomic E-state index is 12.2. The molecule has 1 heterocycles. The summed E-state index contributed by atoms with van der Waals surface area (Å²) in [5.41, 5.74) is 7.96. The molecular weight excluding hydrogens is 509 g/mol. The second kappa shape index (κ2) is 10.4. The molecule has 11 nitrogen and oxygen atoms in total. The van der Waals surface area contributed by atoms with E-state index in [-0.39, 0.29) is 33.2 Å². The highest BCUT2D eigenvalue weighted by atomic mass is 35.5. The second-order valence-electron chi connectivity index (χ2n) is 7.26. The molecule has 0 fully saturated rings. The smallest absolute Gasteiger partial charge is 0.276 e. The van der Waals surface area contributed by atoms with Gasteiger partial charge in [-0.15, -0.1) is 0 Å². The van der Waals surface area contributed by atoms with Gasteiger partial charge in [0, 0.05) is 17.9 Å². The van der Waals surface area contributed by atoms with E-state index in [9.17, 15) is 22.8 Å². The summed E-state index contributed by atoms with van der Waals surface area (Å²) in [5, 5.41) is 9.19. The van der Waals surface area contributed by atoms with Gasteiger partial charge in [-0.3, -0.25) is 25.2 Å². The van der Waals surface area contributed by atoms with E-state index >= 15 is 0 Å². The molecule has 1 unspecified atom stereocenters. The van der Waals surface area contributed by atoms with Crippen LogP contribution in [0.4, 0.5) is 0 Å². The van der Waals surface area contributed by atoms with Crippen molar-refractivity contribution in [2.75, 3.05) is 6.61 Å². The van der Waals surface area contributed by atoms with Gasteiger partial charge in [0.15, 0.2) is 6.61 Å². The molecule has 5 N–H and O–H groups in total. The van der Waals surface area contributed by atoms with E-state index in [1.54, 1.807) is 18.2 Å². The standard InChI is InChI=1S/C20H19Cl2N5O6S/c1-10-6-17(28)24-26-19(10)11-3-5-15(14(22)7-11)33-9-18(29)25-27-20(30)12-2-4-13(21)16(8-12)34(23,31)32/h2-5,7-8,10H,6,9H2,1H3,(H,24,28)(H,25,29)(H,27,30)(H2,23,31,32). The molecule has 0 saturated carbocycles. The molecule has 180 valence electrons. The number of benzene rings is 2. The Kier molecular flexibility index (Phi) is 7.77. The van der Waals surface area contributed by atoms with Gasteiger partial charge in [0.05, 0.1) is 15.8 Å². The summed E-state index contributed by atoms with van der Waals surface area (Å²) >= 11 is 12.0. The number of hydrogen-bond donors (Lipinski definition) is 4. The van der Waals surface area contributed by atoms with Crippen LogP contribution in [0.25, 0.3) is 0 Å². The highest BCUT2D eigenvalue weighted by Gasteiger charge is 2.22. The molecule has 0 bridgehead atoms. The Morgan fingerprint density at radius 1 is 1.18 bits per heavy atom. The van der Waals surface area contributed by atoms with Gasteiger partial charge >= 0.3 is 0 Å². The Morgan fingerprint density at radius 3 is 2.56 bits per heavy atom. The first kappa shape index (κ1) is 25.4. The minimum Gasteiger partial charge on any atom is -0.482 e. The number of primary sulfonamides is 1. The van der Waals surface area contributed by atoms with Gasteiger partial charge in [-0.2, -0.15) is 5.10 Å². The lowest BCUT2D eigenvalue weighted by atomic mass is 9.94. The molecule has 1 aliphatic rings. The summed E-state index contributed by atoms with van der Waals surface area (Å²) in [5.74, 6) is -1.54. The normalized spacial score (nSPS) is 15.7. The van der Waals surface area contributed by atoms with Crippen LogP contribution in [0.15, 0.2) is 46.4 Å². The highest BCUT2D eigenvalue weighted by Crippen LogP contribution is 2.28. The molecule has 1 aliphatic heterocycles. The van der Waals surface area contributed by atoms with Gasteiger partial charge in [-0.05, 0) is 42.0 Å². The van der Waals surface area contributed by atoms with Gasteiger partial charge in [0.25, 0.3) is 11.8 Å². The van der Waals surface area contributed by atoms with Crippen LogP contribution in [0.1, 0.15) is 29.3 Å². The van der Waals surface area contributed by atoms with Gasteiger partial charge in [-0.25, -0.2) is 19.0 Å². The van der Waals surface area contributed by atoms with E-state index in [4.69, 9.17) is 33.1 Å². The summed E-state index contributed by atoms with van der Waals surface area (Å²) in [4.78, 5) is 35.2. The quantitative estimate of drug-likeness (QED) is 0.413. The maximum Gasteiger partial charge on any atom is 0.276 e. The molecule has 0 aromatic heterocycles. The number of hydrogen-bond acceptors (Lipinski definition) is 7. The SMILES string of the molecule is CC1CC(=O)NN=C1c1ccc(OCC(=O)NNC(=O)c2ccc(Cl)c(S(N)(=O)=O)c2)c(Cl)c1. The van der Waals surface area contributed by atoms with Crippen LogP contribution >= 0.6 is 23.2 Å². The van der Waals surface area contributed by atoms with Crippen LogP contribution in [0.3, 0.4) is 0 Å². The van der Waals surface area contributed by atoms with Crippen molar-refractivity contribution in [3.05, 3.63) is 57.6 Å². The second-order valence-corrected chi connectivity index (χ2v) is 9.61. The van der Waals surface area contributed by atoms with E-state index in [1.807, 2.05) is 6.92 Å². The fraction of sp³-hybridized carbons (Fsp3) is 0.200. The van der Waals surface area contributed by atoms with Crippen LogP contribution < -0.4 is 26.2 Å². The molecule has 1 atom stereocenters. The molecule has 14 heteroatoms. The number of nitrogens with one attached hydrogen (secondary N) is 3. The Labute approximate surface area is 204 Å². The lowest BCUT2D eigenvalue weighted by molar-refractivity contribution is -0.124. The van der Waals surface area contributed by atoms with E-state index < -0.39 is 33.3 Å². The first-order valence-corrected chi connectivity index (χ1v) is 12.0. The number of nitrogens with zero attached hydrogens (tertiary/aromatic N) is 1. The van der Waals surface area contributed by atoms with Gasteiger partial charge in [-0.1, -0.05) is 30.1 Å². The Hall–Kier alpha value is -3.19. The van der Waals surface area contributed by atoms with E-state index in [2.05, 4.69) is 21.4 Å². The van der Waals surface area contributed by atoms with Crippen molar-refractivity contribution >= 4 is 56.7 Å². The zero-order chi connectivity index (χ0) is 25.0. The number of carbonyl (C=O) groups is 3. The first-order chi connectivity index (χ1) is 16.0. The van der Waals surface area contributed by atoms with Crippen LogP contribution in [0.5, 0.6) is 5.75 Å². The summed E-state index contributed by atoms with van der Waals surface area (Å²) in [6, 6.07) is 8.29. The Balaban J connectivity index is 1.56. The molecule has 2 aromatic rings. The van der Waals surface area contributed by atoms with Crippen molar-refractivity contribution < 1.29 is 27.5 Å². The number of ether oxygens (including phenoxy) is 1. The summed E-state index contributed by atoms with van der Waals surface area (Å²) in [6.45, 7) is 1.39. The molecule has 3 rings (SSSR count). The number of carbonyl (C=O) groups excluding carboxylic acids is 3. The molecule has 0 aliphatic carbocycles. The van der Waals surface area contributed by atoms with E-state index in [1.165, 1.54) is 12.1 Å². The fourth-order valence-corrected chi connectivity index (χ4v) is 4.33. The number of halogens is 2. The first-order valence-electron chi connectivity index (χ1n) is 9.66. The van der Waals surface area contributed by atoms with Crippen LogP contribution in [-0.2, 0) is 19.6 Å². The highest BCUT2D eigenvalue weighted by molar-refractivity contribution is 7.89. The van der Waals surface area contributed by atoms with E-state index in [0.717, 1.165) is 6.07 Å². The summed E-state index contributed by atoms with van der Waals surface area (Å²) < 4.78 is 28.4. The molecule has 3 amide bonds. The topological polar surface area (TPSA) is 169 Å². The predicted octanol–water partition coefficient (Wildman–Crippen LogP) is 1.34. The van der Waals surface area contributed by atoms with Gasteiger partial charge in [0.2, 0.25) is 15.9 Å². The molecule has 0 saturated heterocycles.